The largest absolute Gasteiger partial charge is 0.387 e. The monoisotopic (exact) mass is 182 g/mol. The van der Waals surface area contributed by atoms with Gasteiger partial charge in [-0.3, -0.25) is 4.79 Å². The van der Waals surface area contributed by atoms with Crippen molar-refractivity contribution in [3.05, 3.63) is 28.7 Å². The Bertz CT molecular complexity index is 320. The lowest BCUT2D eigenvalue weighted by atomic mass is 10.4. The van der Waals surface area contributed by atoms with Crippen molar-refractivity contribution in [3.63, 3.8) is 0 Å². The molecule has 0 amide bonds. The van der Waals surface area contributed by atoms with Crippen LogP contribution in [-0.2, 0) is 11.3 Å². The van der Waals surface area contributed by atoms with Gasteiger partial charge in [0.2, 0.25) is 0 Å². The second-order valence-corrected chi connectivity index (χ2v) is 2.69. The zero-order valence-corrected chi connectivity index (χ0v) is 7.91. The Morgan fingerprint density at radius 2 is 2.31 bits per heavy atom. The van der Waals surface area contributed by atoms with Crippen LogP contribution in [0.4, 0.5) is 5.69 Å². The third kappa shape index (κ3) is 2.59. The molecule has 13 heavy (non-hydrogen) atoms. The van der Waals surface area contributed by atoms with Crippen LogP contribution in [0.1, 0.15) is 0 Å². The fourth-order valence-electron chi connectivity index (χ4n) is 1.04. The molecule has 0 saturated carbocycles. The Kier molecular flexibility index (Phi) is 3.52. The molecular weight excluding hydrogens is 168 g/mol. The molecule has 1 aromatic heterocycles. The van der Waals surface area contributed by atoms with Gasteiger partial charge < -0.3 is 14.6 Å². The van der Waals surface area contributed by atoms with E-state index in [9.17, 15) is 4.79 Å². The second-order valence-electron chi connectivity index (χ2n) is 2.69. The van der Waals surface area contributed by atoms with Gasteiger partial charge in [-0.05, 0) is 6.07 Å². The summed E-state index contributed by atoms with van der Waals surface area (Å²) in [7, 11) is 3.44. The number of hydrogen-bond donors (Lipinski definition) is 1. The number of hydrogen-bond acceptors (Lipinski definition) is 3. The molecule has 0 aliphatic heterocycles. The molecule has 4 heteroatoms. The van der Waals surface area contributed by atoms with Gasteiger partial charge in [0, 0.05) is 33.0 Å². The van der Waals surface area contributed by atoms with Gasteiger partial charge in [-0.15, -0.1) is 0 Å². The van der Waals surface area contributed by atoms with Crippen molar-refractivity contribution in [1.82, 2.24) is 4.57 Å². The predicted molar refractivity (Wildman–Crippen MR) is 52.1 cm³/mol. The molecule has 0 aliphatic carbocycles. The Labute approximate surface area is 77.1 Å². The molecule has 1 aromatic rings. The number of nitrogens with zero attached hydrogens (tertiary/aromatic N) is 1. The molecule has 0 fully saturated rings. The van der Waals surface area contributed by atoms with E-state index in [4.69, 9.17) is 4.74 Å². The van der Waals surface area contributed by atoms with Crippen LogP contribution in [0, 0.1) is 0 Å². The smallest absolute Gasteiger partial charge is 0.250 e. The molecule has 0 atom stereocenters. The minimum Gasteiger partial charge on any atom is -0.387 e. The quantitative estimate of drug-likeness (QED) is 0.739. The molecule has 0 bridgehead atoms. The average Bonchev–Trinajstić information content (AvgIpc) is 2.17. The van der Waals surface area contributed by atoms with Gasteiger partial charge in [0.15, 0.2) is 0 Å². The van der Waals surface area contributed by atoms with E-state index >= 15 is 0 Å². The molecule has 0 spiro atoms. The first-order valence-electron chi connectivity index (χ1n) is 4.15. The highest BCUT2D eigenvalue weighted by molar-refractivity contribution is 5.39. The minimum absolute atomic E-state index is 0.00366. The lowest BCUT2D eigenvalue weighted by Gasteiger charge is -2.06. The number of ether oxygens (including phenoxy) is 1. The SMILES string of the molecule is CNc1ccc(=O)n(CCOC)c1. The number of methoxy groups -OCH3 is 1. The van der Waals surface area contributed by atoms with E-state index in [0.29, 0.717) is 13.2 Å². The molecule has 0 aromatic carbocycles. The Hall–Kier alpha value is -1.29. The van der Waals surface area contributed by atoms with Crippen LogP contribution in [0.3, 0.4) is 0 Å². The lowest BCUT2D eigenvalue weighted by molar-refractivity contribution is 0.186. The molecule has 0 unspecified atom stereocenters. The van der Waals surface area contributed by atoms with Crippen LogP contribution in [-0.4, -0.2) is 25.3 Å². The molecule has 0 aliphatic rings. The number of anilines is 1. The molecule has 0 radical (unpaired) electrons. The fourth-order valence-corrected chi connectivity index (χ4v) is 1.04. The second kappa shape index (κ2) is 4.67. The van der Waals surface area contributed by atoms with Crippen molar-refractivity contribution >= 4 is 5.69 Å². The van der Waals surface area contributed by atoms with Gasteiger partial charge in [0.25, 0.3) is 5.56 Å². The number of nitrogens with one attached hydrogen (secondary N) is 1. The van der Waals surface area contributed by atoms with E-state index < -0.39 is 0 Å². The van der Waals surface area contributed by atoms with E-state index in [0.717, 1.165) is 5.69 Å². The summed E-state index contributed by atoms with van der Waals surface area (Å²) in [6.45, 7) is 1.14. The standard InChI is InChI=1S/C9H14N2O2/c1-10-8-3-4-9(12)11(7-8)5-6-13-2/h3-4,7,10H,5-6H2,1-2H3. The summed E-state index contributed by atoms with van der Waals surface area (Å²) in [4.78, 5) is 11.3. The fraction of sp³-hybridized carbons (Fsp3) is 0.444. The molecule has 1 N–H and O–H groups in total. The zero-order valence-electron chi connectivity index (χ0n) is 7.91. The van der Waals surface area contributed by atoms with Crippen molar-refractivity contribution in [2.45, 2.75) is 6.54 Å². The summed E-state index contributed by atoms with van der Waals surface area (Å²) in [5.41, 5.74) is 0.923. The van der Waals surface area contributed by atoms with Crippen molar-refractivity contribution in [2.75, 3.05) is 26.1 Å². The lowest BCUT2D eigenvalue weighted by Crippen LogP contribution is -2.20. The van der Waals surface area contributed by atoms with Gasteiger partial charge in [-0.1, -0.05) is 0 Å². The third-order valence-corrected chi connectivity index (χ3v) is 1.81. The first-order valence-corrected chi connectivity index (χ1v) is 4.15. The van der Waals surface area contributed by atoms with Gasteiger partial charge in [-0.2, -0.15) is 0 Å². The predicted octanol–water partition coefficient (Wildman–Crippen LogP) is 0.536. The van der Waals surface area contributed by atoms with Gasteiger partial charge in [-0.25, -0.2) is 0 Å². The normalized spacial score (nSPS) is 10.0. The van der Waals surface area contributed by atoms with Crippen LogP contribution >= 0.6 is 0 Å². The first kappa shape index (κ1) is 9.80. The summed E-state index contributed by atoms with van der Waals surface area (Å²) in [5.74, 6) is 0. The Balaban J connectivity index is 2.84. The van der Waals surface area contributed by atoms with Crippen molar-refractivity contribution in [3.8, 4) is 0 Å². The summed E-state index contributed by atoms with van der Waals surface area (Å²) in [5, 5.41) is 2.97. The highest BCUT2D eigenvalue weighted by Crippen LogP contribution is 2.00. The van der Waals surface area contributed by atoms with Crippen molar-refractivity contribution < 1.29 is 4.74 Å². The van der Waals surface area contributed by atoms with Gasteiger partial charge in [0.05, 0.1) is 12.3 Å². The van der Waals surface area contributed by atoms with E-state index in [-0.39, 0.29) is 5.56 Å². The summed E-state index contributed by atoms with van der Waals surface area (Å²) in [6.07, 6.45) is 1.78. The maximum absolute atomic E-state index is 11.3. The average molecular weight is 182 g/mol. The van der Waals surface area contributed by atoms with E-state index in [1.807, 2.05) is 7.05 Å². The number of pyridine rings is 1. The van der Waals surface area contributed by atoms with Crippen LogP contribution in [0.2, 0.25) is 0 Å². The zero-order chi connectivity index (χ0) is 9.68. The Morgan fingerprint density at radius 3 is 2.92 bits per heavy atom. The van der Waals surface area contributed by atoms with Gasteiger partial charge >= 0.3 is 0 Å². The van der Waals surface area contributed by atoms with E-state index in [2.05, 4.69) is 5.32 Å². The third-order valence-electron chi connectivity index (χ3n) is 1.81. The van der Waals surface area contributed by atoms with Gasteiger partial charge in [0.1, 0.15) is 0 Å². The summed E-state index contributed by atoms with van der Waals surface area (Å²) < 4.78 is 6.51. The molecular formula is C9H14N2O2. The van der Waals surface area contributed by atoms with Crippen molar-refractivity contribution in [2.24, 2.45) is 0 Å². The molecule has 4 nitrogen and oxygen atoms in total. The maximum atomic E-state index is 11.3. The molecule has 1 rings (SSSR count). The molecule has 1 heterocycles. The maximum Gasteiger partial charge on any atom is 0.250 e. The van der Waals surface area contributed by atoms with E-state index in [1.54, 1.807) is 30.0 Å². The summed E-state index contributed by atoms with van der Waals surface area (Å²) >= 11 is 0. The highest BCUT2D eigenvalue weighted by Gasteiger charge is 1.96. The van der Waals surface area contributed by atoms with Crippen LogP contribution in [0.15, 0.2) is 23.1 Å². The number of rotatable bonds is 4. The number of aromatic nitrogens is 1. The van der Waals surface area contributed by atoms with Crippen LogP contribution in [0.25, 0.3) is 0 Å². The summed E-state index contributed by atoms with van der Waals surface area (Å²) in [6, 6.07) is 3.30. The minimum atomic E-state index is -0.00366. The van der Waals surface area contributed by atoms with Crippen LogP contribution in [0.5, 0.6) is 0 Å². The molecule has 72 valence electrons. The van der Waals surface area contributed by atoms with Crippen molar-refractivity contribution in [1.29, 1.82) is 0 Å². The molecule has 0 saturated heterocycles. The highest BCUT2D eigenvalue weighted by atomic mass is 16.5. The Morgan fingerprint density at radius 1 is 1.54 bits per heavy atom. The topological polar surface area (TPSA) is 43.3 Å². The first-order chi connectivity index (χ1) is 6.27. The van der Waals surface area contributed by atoms with E-state index in [1.165, 1.54) is 0 Å². The van der Waals surface area contributed by atoms with Crippen LogP contribution < -0.4 is 10.9 Å².